The smallest absolute Gasteiger partial charge is 0.364 e. The van der Waals surface area contributed by atoms with Crippen LogP contribution in [0.4, 0.5) is 0 Å². The van der Waals surface area contributed by atoms with Gasteiger partial charge >= 0.3 is 5.97 Å². The van der Waals surface area contributed by atoms with Gasteiger partial charge in [-0.1, -0.05) is 251 Å². The molecule has 0 saturated carbocycles. The maximum atomic E-state index is 13.5. The maximum Gasteiger partial charge on any atom is 0.364 e. The van der Waals surface area contributed by atoms with Gasteiger partial charge in [-0.2, -0.15) is 0 Å². The fourth-order valence-corrected chi connectivity index (χ4v) is 13.4. The van der Waals surface area contributed by atoms with Crippen molar-refractivity contribution in [1.82, 2.24) is 10.6 Å². The molecule has 2 amide bonds. The Hall–Kier alpha value is -2.53. The van der Waals surface area contributed by atoms with Crippen molar-refractivity contribution in [2.24, 2.45) is 0 Å². The fraction of sp³-hybridized carbons (Fsp3) is 0.932. The molecular formula is C73H136N2O21. The number of carboxylic acid groups (broad SMARTS) is 1. The second-order valence-electron chi connectivity index (χ2n) is 27.9. The Labute approximate surface area is 575 Å². The highest BCUT2D eigenvalue weighted by Gasteiger charge is 2.60. The van der Waals surface area contributed by atoms with E-state index in [1.807, 2.05) is 0 Å². The van der Waals surface area contributed by atoms with Gasteiger partial charge in [0.05, 0.1) is 50.7 Å². The van der Waals surface area contributed by atoms with Crippen molar-refractivity contribution >= 4 is 17.8 Å². The first-order chi connectivity index (χ1) is 46.4. The number of hydrogen-bond donors (Lipinski definition) is 14. The molecule has 0 aromatic heterocycles. The Bertz CT molecular complexity index is 1980. The molecule has 3 saturated heterocycles. The van der Waals surface area contributed by atoms with Gasteiger partial charge in [0.1, 0.15) is 67.1 Å². The molecule has 14 N–H and O–H groups in total. The molecule has 3 aliphatic rings. The van der Waals surface area contributed by atoms with Crippen LogP contribution in [0.3, 0.4) is 0 Å². The molecule has 0 aromatic carbocycles. The number of aliphatic carboxylic acids is 1. The van der Waals surface area contributed by atoms with Crippen LogP contribution in [0.15, 0.2) is 12.2 Å². The molecular weight excluding hydrogens is 1240 g/mol. The number of ether oxygens (including phenoxy) is 6. The second-order valence-corrected chi connectivity index (χ2v) is 27.9. The van der Waals surface area contributed by atoms with Gasteiger partial charge in [-0.05, 0) is 38.5 Å². The maximum absolute atomic E-state index is 13.5. The first-order valence-corrected chi connectivity index (χ1v) is 38.0. The predicted molar refractivity (Wildman–Crippen MR) is 366 cm³/mol. The predicted octanol–water partition coefficient (Wildman–Crippen LogP) is 8.63. The van der Waals surface area contributed by atoms with Gasteiger partial charge in [-0.3, -0.25) is 9.59 Å². The summed E-state index contributed by atoms with van der Waals surface area (Å²) < 4.78 is 34.9. The number of aliphatic hydroxyl groups is 11. The van der Waals surface area contributed by atoms with E-state index in [1.165, 1.54) is 167 Å². The molecule has 23 nitrogen and oxygen atoms in total. The summed E-state index contributed by atoms with van der Waals surface area (Å²) in [6.45, 7) is 2.24. The number of nitrogens with one attached hydrogen (secondary N) is 2. The third-order valence-electron chi connectivity index (χ3n) is 19.5. The van der Waals surface area contributed by atoms with Crippen LogP contribution in [-0.4, -0.2) is 215 Å². The molecule has 23 heteroatoms. The standard InChI is InChI=1S/C73H136N2O21/c1-4-6-8-10-12-14-16-18-20-22-24-25-26-27-29-31-33-35-37-39-41-43-45-47-60(83)75-54(55(80)46-44-42-40-38-36-34-32-30-28-23-21-19-17-15-13-11-9-7-5-2)52-91-70-65(87)64(86)67(59(51-78)93-70)94-71-66(88)69(63(85)58(50-77)92-71)96-73(72(89)90)48-56(81)61(74-53(3)79)68(95-73)62(84)57(82)49-76/h27,29,54-59,61-71,76-78,80-82,84-88H,4-26,28,30-52H2,1-3H3,(H,74,79)(H,75,83)(H,89,90)/b29-27-. The van der Waals surface area contributed by atoms with Crippen molar-refractivity contribution in [3.63, 3.8) is 0 Å². The van der Waals surface area contributed by atoms with Gasteiger partial charge in [-0.15, -0.1) is 0 Å². The van der Waals surface area contributed by atoms with Crippen molar-refractivity contribution in [2.45, 2.75) is 407 Å². The molecule has 0 aromatic rings. The summed E-state index contributed by atoms with van der Waals surface area (Å²) in [7, 11) is 0. The molecule has 18 atom stereocenters. The van der Waals surface area contributed by atoms with E-state index in [1.54, 1.807) is 0 Å². The minimum absolute atomic E-state index is 0.220. The second kappa shape index (κ2) is 53.3. The molecule has 3 heterocycles. The number of unbranched alkanes of at least 4 members (excludes halogenated alkanes) is 37. The summed E-state index contributed by atoms with van der Waals surface area (Å²) in [6.07, 6.45) is 24.9. The molecule has 3 aliphatic heterocycles. The molecule has 564 valence electrons. The Balaban J connectivity index is 1.55. The van der Waals surface area contributed by atoms with Crippen molar-refractivity contribution in [3.8, 4) is 0 Å². The number of aliphatic hydroxyl groups excluding tert-OH is 11. The topological polar surface area (TPSA) is 373 Å². The summed E-state index contributed by atoms with van der Waals surface area (Å²) in [6, 6.07) is -2.53. The summed E-state index contributed by atoms with van der Waals surface area (Å²) >= 11 is 0. The minimum atomic E-state index is -3.08. The average molecular weight is 1380 g/mol. The van der Waals surface area contributed by atoms with Crippen molar-refractivity contribution in [3.05, 3.63) is 12.2 Å². The lowest BCUT2D eigenvalue weighted by Crippen LogP contribution is -2.70. The van der Waals surface area contributed by atoms with E-state index in [9.17, 15) is 75.7 Å². The van der Waals surface area contributed by atoms with Crippen LogP contribution < -0.4 is 10.6 Å². The van der Waals surface area contributed by atoms with Gasteiger partial charge in [0.2, 0.25) is 11.8 Å². The molecule has 0 bridgehead atoms. The molecule has 0 radical (unpaired) electrons. The molecule has 3 rings (SSSR count). The van der Waals surface area contributed by atoms with E-state index in [-0.39, 0.29) is 18.9 Å². The number of carbonyl (C=O) groups excluding carboxylic acids is 2. The zero-order valence-electron chi connectivity index (χ0n) is 59.2. The van der Waals surface area contributed by atoms with Crippen LogP contribution >= 0.6 is 0 Å². The first kappa shape index (κ1) is 87.7. The molecule has 18 unspecified atom stereocenters. The van der Waals surface area contributed by atoms with Crippen LogP contribution in [0.1, 0.15) is 297 Å². The normalized spacial score (nSPS) is 27.6. The SMILES string of the molecule is CCCCCCCCCCCCCC/C=C\CCCCCCCCCC(=O)NC(COC1OC(CO)C(OC2OC(CO)C(O)C(OC3(C(=O)O)CC(O)C(NC(C)=O)C(C(O)C(O)CO)O3)C2O)C(O)C1O)C(O)CCCCCCCCCCCCCCCCCCCCC. The van der Waals surface area contributed by atoms with E-state index in [0.717, 1.165) is 84.0 Å². The number of rotatable bonds is 59. The van der Waals surface area contributed by atoms with Gasteiger partial charge in [0.25, 0.3) is 5.79 Å². The van der Waals surface area contributed by atoms with E-state index >= 15 is 0 Å². The van der Waals surface area contributed by atoms with Crippen LogP contribution in [0.25, 0.3) is 0 Å². The van der Waals surface area contributed by atoms with Crippen LogP contribution in [0.5, 0.6) is 0 Å². The van der Waals surface area contributed by atoms with Gasteiger partial charge in [0, 0.05) is 19.8 Å². The van der Waals surface area contributed by atoms with Crippen LogP contribution in [0.2, 0.25) is 0 Å². The lowest BCUT2D eigenvalue weighted by Gasteiger charge is -2.50. The largest absolute Gasteiger partial charge is 0.477 e. The minimum Gasteiger partial charge on any atom is -0.477 e. The van der Waals surface area contributed by atoms with Crippen molar-refractivity contribution in [2.75, 3.05) is 26.4 Å². The lowest BCUT2D eigenvalue weighted by atomic mass is 9.88. The zero-order valence-corrected chi connectivity index (χ0v) is 59.2. The molecule has 0 aliphatic carbocycles. The summed E-state index contributed by atoms with van der Waals surface area (Å²) in [5, 5.41) is 136. The quantitative estimate of drug-likeness (QED) is 0.0200. The summed E-state index contributed by atoms with van der Waals surface area (Å²) in [5.41, 5.74) is 0. The van der Waals surface area contributed by atoms with Gasteiger partial charge in [-0.25, -0.2) is 4.79 Å². The Morgan fingerprint density at radius 2 is 0.969 bits per heavy atom. The van der Waals surface area contributed by atoms with Crippen LogP contribution in [-0.2, 0) is 42.8 Å². The number of carbonyl (C=O) groups is 3. The summed E-state index contributed by atoms with van der Waals surface area (Å²) in [4.78, 5) is 38.6. The number of hydrogen-bond acceptors (Lipinski definition) is 20. The highest BCUT2D eigenvalue weighted by Crippen LogP contribution is 2.39. The lowest BCUT2D eigenvalue weighted by molar-refractivity contribution is -0.386. The van der Waals surface area contributed by atoms with Gasteiger partial charge in [0.15, 0.2) is 12.6 Å². The highest BCUT2D eigenvalue weighted by molar-refractivity contribution is 5.77. The number of amides is 2. The third kappa shape index (κ3) is 34.4. The number of carboxylic acids is 1. The number of allylic oxidation sites excluding steroid dienone is 2. The van der Waals surface area contributed by atoms with E-state index in [2.05, 4.69) is 36.6 Å². The van der Waals surface area contributed by atoms with Crippen molar-refractivity contribution in [1.29, 1.82) is 0 Å². The van der Waals surface area contributed by atoms with E-state index in [4.69, 9.17) is 28.4 Å². The molecule has 0 spiro atoms. The van der Waals surface area contributed by atoms with Gasteiger partial charge < -0.3 is 100 Å². The Kier molecular flexibility index (Phi) is 48.7. The third-order valence-corrected chi connectivity index (χ3v) is 19.5. The molecule has 96 heavy (non-hydrogen) atoms. The highest BCUT2D eigenvalue weighted by atomic mass is 16.8. The Morgan fingerprint density at radius 3 is 1.41 bits per heavy atom. The summed E-state index contributed by atoms with van der Waals surface area (Å²) in [5.74, 6) is -6.10. The molecule has 3 fully saturated rings. The average Bonchev–Trinajstić information content (AvgIpc) is 0.784. The fourth-order valence-electron chi connectivity index (χ4n) is 13.4. The first-order valence-electron chi connectivity index (χ1n) is 38.0. The van der Waals surface area contributed by atoms with Crippen LogP contribution in [0, 0.1) is 0 Å². The van der Waals surface area contributed by atoms with Crippen molar-refractivity contribution < 1.29 is 104 Å². The Morgan fingerprint density at radius 1 is 0.531 bits per heavy atom. The zero-order chi connectivity index (χ0) is 70.4. The van der Waals surface area contributed by atoms with E-state index < -0.39 is 148 Å². The monoisotopic (exact) mass is 1380 g/mol. The van der Waals surface area contributed by atoms with E-state index in [0.29, 0.717) is 19.3 Å².